The number of carbonyl (C=O) groups is 2. The Morgan fingerprint density at radius 3 is 2.87 bits per heavy atom. The number of nitrogens with one attached hydrogen (secondary N) is 3. The first-order valence-corrected chi connectivity index (χ1v) is 7.37. The second-order valence-electron chi connectivity index (χ2n) is 5.28. The molecule has 3 rings (SSSR count). The highest BCUT2D eigenvalue weighted by atomic mass is 16.2. The number of para-hydroxylation sites is 1. The summed E-state index contributed by atoms with van der Waals surface area (Å²) >= 11 is 0. The number of hydrogen-bond donors (Lipinski definition) is 3. The van der Waals surface area contributed by atoms with Crippen LogP contribution in [-0.4, -0.2) is 25.7 Å². The van der Waals surface area contributed by atoms with Crippen LogP contribution in [0.5, 0.6) is 0 Å². The summed E-state index contributed by atoms with van der Waals surface area (Å²) < 4.78 is 0. The molecule has 6 nitrogen and oxygen atoms in total. The fraction of sp³-hybridized carbons (Fsp3) is 0.176. The molecular weight excluding hydrogens is 292 g/mol. The summed E-state index contributed by atoms with van der Waals surface area (Å²) in [5.41, 5.74) is 3.38. The van der Waals surface area contributed by atoms with Crippen LogP contribution in [0.15, 0.2) is 48.5 Å². The van der Waals surface area contributed by atoms with Crippen molar-refractivity contribution in [2.24, 2.45) is 0 Å². The molecule has 1 aliphatic heterocycles. The molecule has 0 aliphatic carbocycles. The first kappa shape index (κ1) is 14.9. The van der Waals surface area contributed by atoms with Gasteiger partial charge in [0.25, 0.3) is 5.91 Å². The van der Waals surface area contributed by atoms with Gasteiger partial charge in [-0.15, -0.1) is 0 Å². The van der Waals surface area contributed by atoms with Gasteiger partial charge in [-0.05, 0) is 29.8 Å². The van der Waals surface area contributed by atoms with E-state index in [1.165, 1.54) is 0 Å². The van der Waals surface area contributed by atoms with Crippen LogP contribution in [0.3, 0.4) is 0 Å². The van der Waals surface area contributed by atoms with E-state index in [0.29, 0.717) is 18.8 Å². The van der Waals surface area contributed by atoms with E-state index in [9.17, 15) is 9.59 Å². The largest absolute Gasteiger partial charge is 0.349 e. The lowest BCUT2D eigenvalue weighted by molar-refractivity contribution is 0.0947. The van der Waals surface area contributed by atoms with Crippen LogP contribution < -0.4 is 20.9 Å². The summed E-state index contributed by atoms with van der Waals surface area (Å²) in [5.74, 6) is -0.0492. The van der Waals surface area contributed by atoms with Crippen molar-refractivity contribution in [2.45, 2.75) is 6.54 Å². The fourth-order valence-electron chi connectivity index (χ4n) is 2.59. The number of amides is 3. The average molecular weight is 310 g/mol. The first-order valence-electron chi connectivity index (χ1n) is 7.37. The lowest BCUT2D eigenvalue weighted by Gasteiger charge is -2.31. The highest BCUT2D eigenvalue weighted by Gasteiger charge is 2.21. The van der Waals surface area contributed by atoms with Gasteiger partial charge in [-0.2, -0.15) is 0 Å². The van der Waals surface area contributed by atoms with Gasteiger partial charge in [0.15, 0.2) is 0 Å². The second kappa shape index (κ2) is 6.39. The van der Waals surface area contributed by atoms with Gasteiger partial charge in [0.05, 0.1) is 17.9 Å². The zero-order valence-electron chi connectivity index (χ0n) is 12.8. The van der Waals surface area contributed by atoms with Crippen LogP contribution in [0.25, 0.3) is 0 Å². The summed E-state index contributed by atoms with van der Waals surface area (Å²) in [6, 6.07) is 14.9. The van der Waals surface area contributed by atoms with E-state index in [0.717, 1.165) is 16.9 Å². The normalized spacial score (nSPS) is 13.1. The van der Waals surface area contributed by atoms with Crippen molar-refractivity contribution in [3.63, 3.8) is 0 Å². The molecule has 0 radical (unpaired) electrons. The summed E-state index contributed by atoms with van der Waals surface area (Å²) in [7, 11) is 1.58. The Morgan fingerprint density at radius 2 is 2.04 bits per heavy atom. The van der Waals surface area contributed by atoms with Gasteiger partial charge in [-0.3, -0.25) is 4.79 Å². The number of carbonyl (C=O) groups excluding carboxylic acids is 2. The number of fused-ring (bicyclic) bond motifs is 1. The topological polar surface area (TPSA) is 73.5 Å². The van der Waals surface area contributed by atoms with Crippen molar-refractivity contribution in [1.29, 1.82) is 0 Å². The molecule has 2 aromatic rings. The minimum absolute atomic E-state index is 0.0492. The average Bonchev–Trinajstić information content (AvgIpc) is 2.58. The van der Waals surface area contributed by atoms with E-state index >= 15 is 0 Å². The van der Waals surface area contributed by atoms with Crippen molar-refractivity contribution >= 4 is 23.3 Å². The second-order valence-corrected chi connectivity index (χ2v) is 5.28. The number of nitrogens with zero attached hydrogens (tertiary/aromatic N) is 1. The summed E-state index contributed by atoms with van der Waals surface area (Å²) in [6.07, 6.45) is 0. The lowest BCUT2D eigenvalue weighted by Crippen LogP contribution is -2.42. The minimum atomic E-state index is -0.252. The third-order valence-corrected chi connectivity index (χ3v) is 3.71. The first-order chi connectivity index (χ1) is 11.2. The Morgan fingerprint density at radius 1 is 1.22 bits per heavy atom. The molecule has 0 unspecified atom stereocenters. The maximum Gasteiger partial charge on any atom is 0.318 e. The Hall–Kier alpha value is -3.02. The van der Waals surface area contributed by atoms with Crippen molar-refractivity contribution in [1.82, 2.24) is 10.6 Å². The van der Waals surface area contributed by atoms with Crippen LogP contribution in [0.4, 0.5) is 16.2 Å². The summed E-state index contributed by atoms with van der Waals surface area (Å²) in [6.45, 7) is 1.10. The van der Waals surface area contributed by atoms with Crippen molar-refractivity contribution in [2.75, 3.05) is 23.9 Å². The van der Waals surface area contributed by atoms with Gasteiger partial charge < -0.3 is 20.9 Å². The Kier molecular flexibility index (Phi) is 4.14. The van der Waals surface area contributed by atoms with Gasteiger partial charge >= 0.3 is 6.03 Å². The van der Waals surface area contributed by atoms with Crippen molar-refractivity contribution in [3.8, 4) is 0 Å². The Bertz CT molecular complexity index is 745. The maximum absolute atomic E-state index is 11.9. The van der Waals surface area contributed by atoms with Gasteiger partial charge in [-0.25, -0.2) is 4.79 Å². The number of urea groups is 1. The molecule has 0 aromatic heterocycles. The third kappa shape index (κ3) is 3.26. The van der Waals surface area contributed by atoms with E-state index in [2.05, 4.69) is 20.9 Å². The molecule has 0 saturated carbocycles. The standard InChI is InChI=1S/C17H18N4O2/c1-18-17(23)20-13-6-4-5-12(9-13)10-21-11-19-16(22)14-7-2-3-8-15(14)21/h2-9H,10-11H2,1H3,(H,19,22)(H2,18,20,23). The predicted molar refractivity (Wildman–Crippen MR) is 89.5 cm³/mol. The number of rotatable bonds is 3. The van der Waals surface area contributed by atoms with E-state index in [4.69, 9.17) is 0 Å². The van der Waals surface area contributed by atoms with Crippen molar-refractivity contribution in [3.05, 3.63) is 59.7 Å². The van der Waals surface area contributed by atoms with Crippen LogP contribution in [-0.2, 0) is 6.54 Å². The molecule has 0 atom stereocenters. The zero-order valence-corrected chi connectivity index (χ0v) is 12.8. The molecule has 23 heavy (non-hydrogen) atoms. The van der Waals surface area contributed by atoms with Crippen molar-refractivity contribution < 1.29 is 9.59 Å². The summed E-state index contributed by atoms with van der Waals surface area (Å²) in [5, 5.41) is 8.15. The van der Waals surface area contributed by atoms with Gasteiger partial charge in [-0.1, -0.05) is 24.3 Å². The molecular formula is C17H18N4O2. The number of anilines is 2. The highest BCUT2D eigenvalue weighted by molar-refractivity contribution is 6.01. The molecule has 118 valence electrons. The molecule has 6 heteroatoms. The molecule has 0 spiro atoms. The van der Waals surface area contributed by atoms with E-state index in [1.54, 1.807) is 7.05 Å². The quantitative estimate of drug-likeness (QED) is 0.813. The molecule has 3 N–H and O–H groups in total. The van der Waals surface area contributed by atoms with E-state index in [1.807, 2.05) is 48.5 Å². The van der Waals surface area contributed by atoms with Crippen LogP contribution in [0.1, 0.15) is 15.9 Å². The fourth-order valence-corrected chi connectivity index (χ4v) is 2.59. The molecule has 1 aliphatic rings. The molecule has 0 fully saturated rings. The van der Waals surface area contributed by atoms with E-state index < -0.39 is 0 Å². The monoisotopic (exact) mass is 310 g/mol. The highest BCUT2D eigenvalue weighted by Crippen LogP contribution is 2.25. The molecule has 0 bridgehead atoms. The maximum atomic E-state index is 11.9. The lowest BCUT2D eigenvalue weighted by atomic mass is 10.1. The SMILES string of the molecule is CNC(=O)Nc1cccc(CN2CNC(=O)c3ccccc32)c1. The molecule has 3 amide bonds. The Balaban J connectivity index is 1.80. The zero-order chi connectivity index (χ0) is 16.2. The summed E-state index contributed by atoms with van der Waals surface area (Å²) in [4.78, 5) is 25.4. The smallest absolute Gasteiger partial charge is 0.318 e. The van der Waals surface area contributed by atoms with Crippen LogP contribution in [0, 0.1) is 0 Å². The molecule has 2 aromatic carbocycles. The molecule has 1 heterocycles. The van der Waals surface area contributed by atoms with Gasteiger partial charge in [0.1, 0.15) is 0 Å². The molecule has 0 saturated heterocycles. The minimum Gasteiger partial charge on any atom is -0.349 e. The van der Waals surface area contributed by atoms with Crippen LogP contribution in [0.2, 0.25) is 0 Å². The van der Waals surface area contributed by atoms with Crippen LogP contribution >= 0.6 is 0 Å². The number of benzene rings is 2. The Labute approximate surface area is 134 Å². The van der Waals surface area contributed by atoms with Gasteiger partial charge in [0, 0.05) is 19.3 Å². The van der Waals surface area contributed by atoms with E-state index in [-0.39, 0.29) is 11.9 Å². The predicted octanol–water partition coefficient (Wildman–Crippen LogP) is 2.15. The van der Waals surface area contributed by atoms with Gasteiger partial charge in [0.2, 0.25) is 0 Å². The number of hydrogen-bond acceptors (Lipinski definition) is 3. The third-order valence-electron chi connectivity index (χ3n) is 3.71.